The maximum Gasteiger partial charge on any atom is 0.222 e. The van der Waals surface area contributed by atoms with Gasteiger partial charge >= 0.3 is 0 Å². The van der Waals surface area contributed by atoms with Gasteiger partial charge in [0.2, 0.25) is 5.91 Å². The second-order valence-electron chi connectivity index (χ2n) is 5.21. The Labute approximate surface area is 111 Å². The van der Waals surface area contributed by atoms with Crippen molar-refractivity contribution in [2.45, 2.75) is 64.2 Å². The molecule has 0 aromatic heterocycles. The van der Waals surface area contributed by atoms with Crippen LogP contribution in [0.5, 0.6) is 0 Å². The summed E-state index contributed by atoms with van der Waals surface area (Å²) in [7, 11) is 0. The number of carbonyl (C=O) groups is 1. The van der Waals surface area contributed by atoms with Gasteiger partial charge in [-0.15, -0.1) is 11.6 Å². The maximum atomic E-state index is 11.9. The highest BCUT2D eigenvalue weighted by atomic mass is 35.5. The Morgan fingerprint density at radius 2 is 1.94 bits per heavy atom. The molecule has 0 bridgehead atoms. The van der Waals surface area contributed by atoms with E-state index >= 15 is 0 Å². The molecule has 0 spiro atoms. The lowest BCUT2D eigenvalue weighted by molar-refractivity contribution is -0.132. The molecule has 100 valence electrons. The van der Waals surface area contributed by atoms with E-state index in [1.807, 2.05) is 4.90 Å². The number of hydrogen-bond donors (Lipinski definition) is 0. The molecule has 2 nitrogen and oxygen atoms in total. The van der Waals surface area contributed by atoms with Gasteiger partial charge < -0.3 is 4.90 Å². The van der Waals surface area contributed by atoms with Crippen LogP contribution < -0.4 is 0 Å². The van der Waals surface area contributed by atoms with Crippen molar-refractivity contribution in [3.8, 4) is 0 Å². The van der Waals surface area contributed by atoms with Gasteiger partial charge in [0.1, 0.15) is 0 Å². The molecular formula is C14H26ClNO. The van der Waals surface area contributed by atoms with Crippen LogP contribution in [0.15, 0.2) is 0 Å². The molecule has 0 radical (unpaired) electrons. The number of alkyl halides is 1. The van der Waals surface area contributed by atoms with Gasteiger partial charge in [-0.1, -0.05) is 26.2 Å². The summed E-state index contributed by atoms with van der Waals surface area (Å²) in [5.41, 5.74) is 0. The summed E-state index contributed by atoms with van der Waals surface area (Å²) < 4.78 is 0. The van der Waals surface area contributed by atoms with E-state index in [-0.39, 0.29) is 5.38 Å². The lowest BCUT2D eigenvalue weighted by atomic mass is 9.94. The minimum Gasteiger partial charge on any atom is -0.343 e. The van der Waals surface area contributed by atoms with Crippen LogP contribution in [-0.4, -0.2) is 29.3 Å². The van der Waals surface area contributed by atoms with Crippen molar-refractivity contribution in [1.29, 1.82) is 0 Å². The predicted octanol–water partition coefficient (Wildman–Crippen LogP) is 3.82. The zero-order valence-corrected chi connectivity index (χ0v) is 12.0. The molecule has 1 rings (SSSR count). The quantitative estimate of drug-likeness (QED) is 0.525. The molecule has 1 atom stereocenters. The Kier molecular flexibility index (Phi) is 6.94. The van der Waals surface area contributed by atoms with Crippen LogP contribution in [0, 0.1) is 5.92 Å². The third kappa shape index (κ3) is 5.29. The van der Waals surface area contributed by atoms with Crippen molar-refractivity contribution in [1.82, 2.24) is 4.90 Å². The van der Waals surface area contributed by atoms with Gasteiger partial charge in [-0.2, -0.15) is 0 Å². The lowest BCUT2D eigenvalue weighted by Gasteiger charge is -2.33. The summed E-state index contributed by atoms with van der Waals surface area (Å²) in [5.74, 6) is 0.947. The Hall–Kier alpha value is -0.240. The van der Waals surface area contributed by atoms with Crippen LogP contribution in [-0.2, 0) is 4.79 Å². The summed E-state index contributed by atoms with van der Waals surface area (Å²) in [6, 6.07) is 0. The SMILES string of the molecule is CCCCCCC(=O)N1CCC(C(C)Cl)CC1. The second-order valence-corrected chi connectivity index (χ2v) is 5.89. The first kappa shape index (κ1) is 14.8. The van der Waals surface area contributed by atoms with Crippen LogP contribution in [0.1, 0.15) is 58.8 Å². The largest absolute Gasteiger partial charge is 0.343 e. The van der Waals surface area contributed by atoms with Gasteiger partial charge in [0.15, 0.2) is 0 Å². The van der Waals surface area contributed by atoms with Gasteiger partial charge in [0.05, 0.1) is 0 Å². The molecule has 1 fully saturated rings. The Bertz CT molecular complexity index is 222. The van der Waals surface area contributed by atoms with Gasteiger partial charge in [-0.25, -0.2) is 0 Å². The summed E-state index contributed by atoms with van der Waals surface area (Å²) in [6.45, 7) is 6.08. The van der Waals surface area contributed by atoms with Crippen molar-refractivity contribution in [2.75, 3.05) is 13.1 Å². The zero-order chi connectivity index (χ0) is 12.7. The number of hydrogen-bond acceptors (Lipinski definition) is 1. The van der Waals surface area contributed by atoms with Gasteiger partial charge in [0.25, 0.3) is 0 Å². The van der Waals surface area contributed by atoms with Crippen LogP contribution in [0.25, 0.3) is 0 Å². The highest BCUT2D eigenvalue weighted by molar-refractivity contribution is 6.20. The molecule has 1 aliphatic heterocycles. The molecule has 0 aromatic carbocycles. The molecule has 0 aromatic rings. The minimum absolute atomic E-state index is 0.247. The molecule has 1 saturated heterocycles. The lowest BCUT2D eigenvalue weighted by Crippen LogP contribution is -2.39. The van der Waals surface area contributed by atoms with Gasteiger partial charge in [0, 0.05) is 24.9 Å². The predicted molar refractivity (Wildman–Crippen MR) is 73.4 cm³/mol. The monoisotopic (exact) mass is 259 g/mol. The van der Waals surface area contributed by atoms with Crippen molar-refractivity contribution in [3.05, 3.63) is 0 Å². The number of halogens is 1. The highest BCUT2D eigenvalue weighted by Crippen LogP contribution is 2.24. The Morgan fingerprint density at radius 3 is 2.47 bits per heavy atom. The minimum atomic E-state index is 0.247. The zero-order valence-electron chi connectivity index (χ0n) is 11.3. The van der Waals surface area contributed by atoms with Crippen molar-refractivity contribution in [3.63, 3.8) is 0 Å². The third-order valence-corrected chi connectivity index (χ3v) is 4.14. The summed E-state index contributed by atoms with van der Waals surface area (Å²) in [5, 5.41) is 0.247. The van der Waals surface area contributed by atoms with Crippen LogP contribution >= 0.6 is 11.6 Å². The second kappa shape index (κ2) is 7.97. The van der Waals surface area contributed by atoms with Crippen molar-refractivity contribution in [2.24, 2.45) is 5.92 Å². The Morgan fingerprint density at radius 1 is 1.29 bits per heavy atom. The third-order valence-electron chi connectivity index (χ3n) is 3.79. The van der Waals surface area contributed by atoms with E-state index in [4.69, 9.17) is 11.6 Å². The number of likely N-dealkylation sites (tertiary alicyclic amines) is 1. The first-order chi connectivity index (χ1) is 8.15. The standard InChI is InChI=1S/C14H26ClNO/c1-3-4-5-6-7-14(17)16-10-8-13(9-11-16)12(2)15/h12-13H,3-11H2,1-2H3. The molecule has 1 aliphatic rings. The van der Waals surface area contributed by atoms with E-state index < -0.39 is 0 Å². The first-order valence-electron chi connectivity index (χ1n) is 7.07. The number of piperidine rings is 1. The van der Waals surface area contributed by atoms with E-state index in [1.54, 1.807) is 0 Å². The normalized spacial score (nSPS) is 19.4. The number of carbonyl (C=O) groups excluding carboxylic acids is 1. The van der Waals surface area contributed by atoms with E-state index in [1.165, 1.54) is 19.3 Å². The number of nitrogens with zero attached hydrogens (tertiary/aromatic N) is 1. The fraction of sp³-hybridized carbons (Fsp3) is 0.929. The van der Waals surface area contributed by atoms with Gasteiger partial charge in [-0.3, -0.25) is 4.79 Å². The smallest absolute Gasteiger partial charge is 0.222 e. The molecule has 1 unspecified atom stereocenters. The van der Waals surface area contributed by atoms with E-state index in [9.17, 15) is 4.79 Å². The molecule has 17 heavy (non-hydrogen) atoms. The van der Waals surface area contributed by atoms with Gasteiger partial charge in [-0.05, 0) is 32.1 Å². The molecule has 0 saturated carbocycles. The average Bonchev–Trinajstić information content (AvgIpc) is 2.34. The molecule has 3 heteroatoms. The number of rotatable bonds is 6. The summed E-state index contributed by atoms with van der Waals surface area (Å²) in [6.07, 6.45) is 7.61. The van der Waals surface area contributed by atoms with Crippen LogP contribution in [0.3, 0.4) is 0 Å². The summed E-state index contributed by atoms with van der Waals surface area (Å²) in [4.78, 5) is 14.0. The van der Waals surface area contributed by atoms with Crippen molar-refractivity contribution < 1.29 is 4.79 Å². The molecule has 1 heterocycles. The van der Waals surface area contributed by atoms with Crippen LogP contribution in [0.2, 0.25) is 0 Å². The molecule has 0 aliphatic carbocycles. The summed E-state index contributed by atoms with van der Waals surface area (Å²) >= 11 is 6.10. The van der Waals surface area contributed by atoms with E-state index in [0.717, 1.165) is 38.8 Å². The molecular weight excluding hydrogens is 234 g/mol. The fourth-order valence-corrected chi connectivity index (χ4v) is 2.72. The highest BCUT2D eigenvalue weighted by Gasteiger charge is 2.24. The number of amides is 1. The Balaban J connectivity index is 2.17. The van der Waals surface area contributed by atoms with Crippen molar-refractivity contribution >= 4 is 17.5 Å². The van der Waals surface area contributed by atoms with Crippen LogP contribution in [0.4, 0.5) is 0 Å². The topological polar surface area (TPSA) is 20.3 Å². The first-order valence-corrected chi connectivity index (χ1v) is 7.50. The molecule has 1 amide bonds. The van der Waals surface area contributed by atoms with E-state index in [0.29, 0.717) is 11.8 Å². The maximum absolute atomic E-state index is 11.9. The molecule has 0 N–H and O–H groups in total. The van der Waals surface area contributed by atoms with E-state index in [2.05, 4.69) is 13.8 Å². The average molecular weight is 260 g/mol. The number of unbranched alkanes of at least 4 members (excludes halogenated alkanes) is 3. The fourth-order valence-electron chi connectivity index (χ4n) is 2.47.